The van der Waals surface area contributed by atoms with Crippen LogP contribution in [0, 0.1) is 5.92 Å². The smallest absolute Gasteiger partial charge is 0.0324 e. The fourth-order valence-corrected chi connectivity index (χ4v) is 3.62. The minimum absolute atomic E-state index is 0.834. The maximum Gasteiger partial charge on any atom is 0.0324 e. The summed E-state index contributed by atoms with van der Waals surface area (Å²) in [5.74, 6) is 0.938. The highest BCUT2D eigenvalue weighted by Gasteiger charge is 2.35. The number of fused-ring (bicyclic) bond motifs is 2. The average molecular weight is 191 g/mol. The monoisotopic (exact) mass is 191 g/mol. The Hall–Kier alpha value is -0.460. The van der Waals surface area contributed by atoms with Gasteiger partial charge < -0.3 is 5.32 Å². The van der Waals surface area contributed by atoms with E-state index in [0.717, 1.165) is 12.0 Å². The van der Waals surface area contributed by atoms with Crippen molar-refractivity contribution in [1.82, 2.24) is 5.32 Å². The molecule has 0 bridgehead atoms. The molecule has 2 unspecified atom stereocenters. The molecule has 0 saturated heterocycles. The van der Waals surface area contributed by atoms with Gasteiger partial charge in [0.05, 0.1) is 0 Å². The molecule has 2 atom stereocenters. The topological polar surface area (TPSA) is 12.0 Å². The Labute approximate surface area is 87.0 Å². The molecule has 78 valence electrons. The summed E-state index contributed by atoms with van der Waals surface area (Å²) in [6.07, 6.45) is 12.9. The van der Waals surface area contributed by atoms with E-state index in [4.69, 9.17) is 0 Å². The zero-order valence-corrected chi connectivity index (χ0v) is 9.02. The molecule has 1 heteroatoms. The van der Waals surface area contributed by atoms with Gasteiger partial charge in [0.25, 0.3) is 0 Å². The molecule has 1 saturated carbocycles. The Bertz CT molecular complexity index is 254. The van der Waals surface area contributed by atoms with E-state index in [-0.39, 0.29) is 0 Å². The third kappa shape index (κ3) is 1.37. The first kappa shape index (κ1) is 8.82. The number of allylic oxidation sites excluding steroid dienone is 1. The van der Waals surface area contributed by atoms with Crippen LogP contribution in [0.4, 0.5) is 0 Å². The highest BCUT2D eigenvalue weighted by molar-refractivity contribution is 5.27. The third-order valence-corrected chi connectivity index (χ3v) is 4.33. The molecule has 0 aromatic heterocycles. The lowest BCUT2D eigenvalue weighted by molar-refractivity contribution is 0.436. The van der Waals surface area contributed by atoms with Gasteiger partial charge >= 0.3 is 0 Å². The normalized spacial score (nSPS) is 37.1. The van der Waals surface area contributed by atoms with E-state index in [1.807, 2.05) is 5.57 Å². The lowest BCUT2D eigenvalue weighted by Crippen LogP contribution is -2.27. The first-order valence-electron chi connectivity index (χ1n) is 6.43. The van der Waals surface area contributed by atoms with Crippen LogP contribution in [0.3, 0.4) is 0 Å². The summed E-state index contributed by atoms with van der Waals surface area (Å²) in [6.45, 7) is 0. The van der Waals surface area contributed by atoms with E-state index in [9.17, 15) is 0 Å². The standard InChI is InChI=1S/C13H21N/c1-2-6-10-11-7-4-5-9-13(11)14-12(10)8-3-1/h10,12,14H,1-9H2. The maximum absolute atomic E-state index is 3.81. The molecule has 1 aliphatic heterocycles. The molecule has 0 spiro atoms. The van der Waals surface area contributed by atoms with Gasteiger partial charge in [-0.25, -0.2) is 0 Å². The SMILES string of the molecule is C1CCC2NC3=C(CCCC3)C2CC1. The van der Waals surface area contributed by atoms with Crippen LogP contribution in [0.1, 0.15) is 57.8 Å². The molecule has 3 rings (SSSR count). The van der Waals surface area contributed by atoms with Crippen molar-refractivity contribution in [3.63, 3.8) is 0 Å². The Kier molecular flexibility index (Phi) is 2.27. The number of nitrogens with one attached hydrogen (secondary N) is 1. The van der Waals surface area contributed by atoms with Crippen molar-refractivity contribution >= 4 is 0 Å². The van der Waals surface area contributed by atoms with Gasteiger partial charge in [0.2, 0.25) is 0 Å². The zero-order valence-electron chi connectivity index (χ0n) is 9.02. The Balaban J connectivity index is 1.83. The summed E-state index contributed by atoms with van der Waals surface area (Å²) in [5, 5.41) is 3.81. The minimum atomic E-state index is 0.834. The van der Waals surface area contributed by atoms with Crippen LogP contribution < -0.4 is 5.32 Å². The van der Waals surface area contributed by atoms with Crippen molar-refractivity contribution in [2.24, 2.45) is 5.92 Å². The molecule has 2 aliphatic carbocycles. The quantitative estimate of drug-likeness (QED) is 0.619. The van der Waals surface area contributed by atoms with Gasteiger partial charge in [-0.15, -0.1) is 0 Å². The number of hydrogen-bond donors (Lipinski definition) is 1. The summed E-state index contributed by atoms with van der Waals surface area (Å²) in [5.41, 5.74) is 3.50. The van der Waals surface area contributed by atoms with Crippen molar-refractivity contribution in [2.75, 3.05) is 0 Å². The van der Waals surface area contributed by atoms with E-state index in [2.05, 4.69) is 5.32 Å². The van der Waals surface area contributed by atoms with Crippen LogP contribution in [0.15, 0.2) is 11.3 Å². The van der Waals surface area contributed by atoms with E-state index in [0.29, 0.717) is 0 Å². The van der Waals surface area contributed by atoms with Crippen molar-refractivity contribution < 1.29 is 0 Å². The van der Waals surface area contributed by atoms with Crippen molar-refractivity contribution in [3.05, 3.63) is 11.3 Å². The molecule has 3 aliphatic rings. The molecule has 0 amide bonds. The fraction of sp³-hybridized carbons (Fsp3) is 0.846. The van der Waals surface area contributed by atoms with Gasteiger partial charge in [0, 0.05) is 17.7 Å². The van der Waals surface area contributed by atoms with E-state index < -0.39 is 0 Å². The summed E-state index contributed by atoms with van der Waals surface area (Å²) >= 11 is 0. The van der Waals surface area contributed by atoms with Gasteiger partial charge in [-0.2, -0.15) is 0 Å². The van der Waals surface area contributed by atoms with Crippen LogP contribution in [0.5, 0.6) is 0 Å². The van der Waals surface area contributed by atoms with Gasteiger partial charge in [-0.05, 0) is 44.1 Å². The van der Waals surface area contributed by atoms with Crippen LogP contribution in [-0.4, -0.2) is 6.04 Å². The highest BCUT2D eigenvalue weighted by Crippen LogP contribution is 2.41. The van der Waals surface area contributed by atoms with E-state index in [1.165, 1.54) is 57.8 Å². The summed E-state index contributed by atoms with van der Waals surface area (Å²) in [6, 6.07) is 0.834. The zero-order chi connectivity index (χ0) is 9.38. The maximum atomic E-state index is 3.81. The predicted octanol–water partition coefficient (Wildman–Crippen LogP) is 3.37. The molecular weight excluding hydrogens is 170 g/mol. The molecule has 0 radical (unpaired) electrons. The van der Waals surface area contributed by atoms with E-state index in [1.54, 1.807) is 5.70 Å². The van der Waals surface area contributed by atoms with Crippen LogP contribution >= 0.6 is 0 Å². The Morgan fingerprint density at radius 3 is 2.71 bits per heavy atom. The van der Waals surface area contributed by atoms with Crippen molar-refractivity contribution in [1.29, 1.82) is 0 Å². The molecule has 0 aromatic carbocycles. The van der Waals surface area contributed by atoms with Crippen LogP contribution in [0.2, 0.25) is 0 Å². The number of rotatable bonds is 0. The molecule has 1 nitrogen and oxygen atoms in total. The molecule has 1 N–H and O–H groups in total. The minimum Gasteiger partial charge on any atom is -0.385 e. The predicted molar refractivity (Wildman–Crippen MR) is 59.0 cm³/mol. The largest absolute Gasteiger partial charge is 0.385 e. The highest BCUT2D eigenvalue weighted by atomic mass is 15.0. The van der Waals surface area contributed by atoms with Gasteiger partial charge in [-0.1, -0.05) is 19.3 Å². The Morgan fingerprint density at radius 2 is 1.71 bits per heavy atom. The van der Waals surface area contributed by atoms with Crippen molar-refractivity contribution in [2.45, 2.75) is 63.8 Å². The lowest BCUT2D eigenvalue weighted by Gasteiger charge is -2.19. The van der Waals surface area contributed by atoms with Crippen LogP contribution in [0.25, 0.3) is 0 Å². The van der Waals surface area contributed by atoms with Crippen molar-refractivity contribution in [3.8, 4) is 0 Å². The summed E-state index contributed by atoms with van der Waals surface area (Å²) in [4.78, 5) is 0. The Morgan fingerprint density at radius 1 is 0.857 bits per heavy atom. The molecule has 14 heavy (non-hydrogen) atoms. The second-order valence-electron chi connectivity index (χ2n) is 5.21. The van der Waals surface area contributed by atoms with Gasteiger partial charge in [-0.3, -0.25) is 0 Å². The first-order valence-corrected chi connectivity index (χ1v) is 6.43. The van der Waals surface area contributed by atoms with Gasteiger partial charge in [0.1, 0.15) is 0 Å². The number of hydrogen-bond acceptors (Lipinski definition) is 1. The molecule has 1 fully saturated rings. The molecular formula is C13H21N. The van der Waals surface area contributed by atoms with E-state index >= 15 is 0 Å². The summed E-state index contributed by atoms with van der Waals surface area (Å²) < 4.78 is 0. The second-order valence-corrected chi connectivity index (χ2v) is 5.21. The van der Waals surface area contributed by atoms with Crippen LogP contribution in [-0.2, 0) is 0 Å². The van der Waals surface area contributed by atoms with Gasteiger partial charge in [0.15, 0.2) is 0 Å². The summed E-state index contributed by atoms with van der Waals surface area (Å²) in [7, 11) is 0. The molecule has 1 heterocycles. The third-order valence-electron chi connectivity index (χ3n) is 4.33. The second kappa shape index (κ2) is 3.60. The lowest BCUT2D eigenvalue weighted by atomic mass is 9.85. The molecule has 0 aromatic rings. The first-order chi connectivity index (χ1) is 6.95. The fourth-order valence-electron chi connectivity index (χ4n) is 3.62. The average Bonchev–Trinajstić information content (AvgIpc) is 2.42.